The maximum absolute atomic E-state index is 10.4. The standard InChI is InChI=1S/C30H30N2O/c33-25-11-6-10-24(19-25)30-15-16-31-28(14-13-21-7-2-1-3-8-21)26(30)18-23-17-22-9-4-5-12-27(22)32-29(23)20-30/h1-12,17,19,26,28,31,33H,13-16,18,20H2/t26-,28?,30-/m0/s1. The van der Waals surface area contributed by atoms with Crippen molar-refractivity contribution < 1.29 is 5.11 Å². The average Bonchev–Trinajstić information content (AvgIpc) is 2.85. The number of aryl methyl sites for hydroxylation is 1. The Hall–Kier alpha value is -3.17. The van der Waals surface area contributed by atoms with Gasteiger partial charge in [-0.2, -0.15) is 0 Å². The first-order valence-corrected chi connectivity index (χ1v) is 12.2. The third-order valence-electron chi connectivity index (χ3n) is 8.00. The van der Waals surface area contributed by atoms with Crippen molar-refractivity contribution in [1.82, 2.24) is 10.3 Å². The minimum absolute atomic E-state index is 0.00615. The first kappa shape index (κ1) is 20.4. The van der Waals surface area contributed by atoms with Crippen LogP contribution in [-0.4, -0.2) is 22.7 Å². The van der Waals surface area contributed by atoms with Crippen LogP contribution in [-0.2, 0) is 24.7 Å². The van der Waals surface area contributed by atoms with Gasteiger partial charge in [-0.25, -0.2) is 0 Å². The summed E-state index contributed by atoms with van der Waals surface area (Å²) in [5.74, 6) is 0.824. The largest absolute Gasteiger partial charge is 0.508 e. The van der Waals surface area contributed by atoms with Crippen LogP contribution in [0.4, 0.5) is 0 Å². The van der Waals surface area contributed by atoms with E-state index in [-0.39, 0.29) is 5.41 Å². The van der Waals surface area contributed by atoms with Crippen LogP contribution >= 0.6 is 0 Å². The first-order valence-electron chi connectivity index (χ1n) is 12.2. The van der Waals surface area contributed by atoms with Crippen LogP contribution in [0.25, 0.3) is 10.9 Å². The Labute approximate surface area is 195 Å². The lowest BCUT2D eigenvalue weighted by Crippen LogP contribution is -2.58. The predicted octanol–water partition coefficient (Wildman–Crippen LogP) is 5.59. The summed E-state index contributed by atoms with van der Waals surface area (Å²) in [5, 5.41) is 15.5. The van der Waals surface area contributed by atoms with Gasteiger partial charge in [0, 0.05) is 29.0 Å². The molecule has 6 rings (SSSR count). The van der Waals surface area contributed by atoms with Gasteiger partial charge in [-0.15, -0.1) is 0 Å². The Kier molecular flexibility index (Phi) is 5.15. The number of rotatable bonds is 4. The Morgan fingerprint density at radius 3 is 2.67 bits per heavy atom. The van der Waals surface area contributed by atoms with E-state index in [9.17, 15) is 5.11 Å². The van der Waals surface area contributed by atoms with Gasteiger partial charge in [0.2, 0.25) is 0 Å². The highest BCUT2D eigenvalue weighted by atomic mass is 16.3. The molecule has 166 valence electrons. The Bertz CT molecular complexity index is 1280. The minimum Gasteiger partial charge on any atom is -0.508 e. The van der Waals surface area contributed by atoms with Crippen LogP contribution in [0.3, 0.4) is 0 Å². The van der Waals surface area contributed by atoms with Crippen molar-refractivity contribution in [3.63, 3.8) is 0 Å². The van der Waals surface area contributed by atoms with Crippen LogP contribution in [0.5, 0.6) is 5.75 Å². The molecule has 3 nitrogen and oxygen atoms in total. The van der Waals surface area contributed by atoms with Crippen LogP contribution in [0.15, 0.2) is 84.9 Å². The summed E-state index contributed by atoms with van der Waals surface area (Å²) < 4.78 is 0. The maximum Gasteiger partial charge on any atom is 0.115 e. The van der Waals surface area contributed by atoms with E-state index in [0.29, 0.717) is 17.7 Å². The van der Waals surface area contributed by atoms with Gasteiger partial charge >= 0.3 is 0 Å². The minimum atomic E-state index is -0.00615. The normalized spacial score (nSPS) is 24.2. The van der Waals surface area contributed by atoms with Crippen molar-refractivity contribution >= 4 is 10.9 Å². The van der Waals surface area contributed by atoms with Crippen molar-refractivity contribution in [3.05, 3.63) is 107 Å². The highest BCUT2D eigenvalue weighted by Crippen LogP contribution is 2.49. The molecular weight excluding hydrogens is 404 g/mol. The highest BCUT2D eigenvalue weighted by Gasteiger charge is 2.49. The summed E-state index contributed by atoms with van der Waals surface area (Å²) in [6.07, 6.45) is 5.22. The molecule has 1 aliphatic carbocycles. The molecule has 1 aliphatic heterocycles. The number of fused-ring (bicyclic) bond motifs is 3. The molecular formula is C30H30N2O. The molecule has 1 fully saturated rings. The zero-order valence-electron chi connectivity index (χ0n) is 18.9. The Morgan fingerprint density at radius 1 is 0.939 bits per heavy atom. The zero-order valence-corrected chi connectivity index (χ0v) is 18.9. The SMILES string of the molecule is Oc1cccc([C@@]23CCNC(CCc4ccccc4)[C@@H]2Cc2cc4ccccc4nc2C3)c1. The number of phenols is 1. The smallest absolute Gasteiger partial charge is 0.115 e. The Balaban J connectivity index is 1.42. The molecule has 0 saturated carbocycles. The summed E-state index contributed by atoms with van der Waals surface area (Å²) in [7, 11) is 0. The van der Waals surface area contributed by atoms with Gasteiger partial charge in [0.15, 0.2) is 0 Å². The highest BCUT2D eigenvalue weighted by molar-refractivity contribution is 5.79. The molecule has 0 spiro atoms. The average molecular weight is 435 g/mol. The molecule has 0 radical (unpaired) electrons. The van der Waals surface area contributed by atoms with Crippen molar-refractivity contribution in [1.29, 1.82) is 0 Å². The lowest BCUT2D eigenvalue weighted by Gasteiger charge is -2.52. The van der Waals surface area contributed by atoms with Crippen LogP contribution in [0, 0.1) is 5.92 Å². The fourth-order valence-electron chi connectivity index (χ4n) is 6.36. The number of benzene rings is 3. The molecule has 2 N–H and O–H groups in total. The number of piperidine rings is 1. The molecule has 1 saturated heterocycles. The lowest BCUT2D eigenvalue weighted by atomic mass is 9.56. The number of para-hydroxylation sites is 1. The van der Waals surface area contributed by atoms with E-state index in [2.05, 4.69) is 72.0 Å². The van der Waals surface area contributed by atoms with Crippen molar-refractivity contribution in [2.45, 2.75) is 43.6 Å². The third kappa shape index (κ3) is 3.71. The number of pyridine rings is 1. The number of phenolic OH excluding ortho intramolecular Hbond substituents is 1. The van der Waals surface area contributed by atoms with Crippen LogP contribution in [0.1, 0.15) is 35.2 Å². The number of hydrogen-bond donors (Lipinski definition) is 2. The number of hydrogen-bond acceptors (Lipinski definition) is 3. The second kappa shape index (κ2) is 8.31. The topological polar surface area (TPSA) is 45.1 Å². The molecule has 2 aliphatic rings. The van der Waals surface area contributed by atoms with Gasteiger partial charge in [0.1, 0.15) is 5.75 Å². The fourth-order valence-corrected chi connectivity index (χ4v) is 6.36. The van der Waals surface area contributed by atoms with Gasteiger partial charge in [-0.05, 0) is 79.1 Å². The molecule has 3 atom stereocenters. The van der Waals surface area contributed by atoms with Gasteiger partial charge in [0.05, 0.1) is 5.52 Å². The van der Waals surface area contributed by atoms with E-state index in [1.807, 2.05) is 12.1 Å². The summed E-state index contributed by atoms with van der Waals surface area (Å²) >= 11 is 0. The van der Waals surface area contributed by atoms with E-state index < -0.39 is 0 Å². The summed E-state index contributed by atoms with van der Waals surface area (Å²) in [5.41, 5.74) is 6.36. The van der Waals surface area contributed by atoms with E-state index in [4.69, 9.17) is 4.98 Å². The quantitative estimate of drug-likeness (QED) is 0.440. The number of nitrogens with one attached hydrogen (secondary N) is 1. The molecule has 0 bridgehead atoms. The molecule has 3 aromatic carbocycles. The van der Waals surface area contributed by atoms with Crippen LogP contribution in [0.2, 0.25) is 0 Å². The van der Waals surface area contributed by atoms with Gasteiger partial charge < -0.3 is 10.4 Å². The van der Waals surface area contributed by atoms with Crippen molar-refractivity contribution in [3.8, 4) is 5.75 Å². The van der Waals surface area contributed by atoms with E-state index in [1.54, 1.807) is 6.07 Å². The predicted molar refractivity (Wildman–Crippen MR) is 134 cm³/mol. The molecule has 33 heavy (non-hydrogen) atoms. The summed E-state index contributed by atoms with van der Waals surface area (Å²) in [6, 6.07) is 30.1. The van der Waals surface area contributed by atoms with E-state index in [1.165, 1.54) is 27.8 Å². The van der Waals surface area contributed by atoms with Crippen molar-refractivity contribution in [2.24, 2.45) is 5.92 Å². The Morgan fingerprint density at radius 2 is 1.79 bits per heavy atom. The molecule has 0 amide bonds. The summed E-state index contributed by atoms with van der Waals surface area (Å²) in [6.45, 7) is 0.995. The lowest BCUT2D eigenvalue weighted by molar-refractivity contribution is 0.124. The molecule has 4 aromatic rings. The van der Waals surface area contributed by atoms with E-state index >= 15 is 0 Å². The third-order valence-corrected chi connectivity index (χ3v) is 8.00. The molecule has 1 aromatic heterocycles. The van der Waals surface area contributed by atoms with Gasteiger partial charge in [-0.3, -0.25) is 4.98 Å². The zero-order chi connectivity index (χ0) is 22.3. The number of aromatic nitrogens is 1. The second-order valence-corrected chi connectivity index (χ2v) is 9.82. The molecule has 3 heteroatoms. The maximum atomic E-state index is 10.4. The molecule has 2 heterocycles. The van der Waals surface area contributed by atoms with E-state index in [0.717, 1.165) is 44.2 Å². The summed E-state index contributed by atoms with van der Waals surface area (Å²) in [4.78, 5) is 5.14. The van der Waals surface area contributed by atoms with Gasteiger partial charge in [0.25, 0.3) is 0 Å². The fraction of sp³-hybridized carbons (Fsp3) is 0.300. The monoisotopic (exact) mass is 434 g/mol. The number of aromatic hydroxyl groups is 1. The van der Waals surface area contributed by atoms with Crippen LogP contribution < -0.4 is 5.32 Å². The number of nitrogens with zero attached hydrogens (tertiary/aromatic N) is 1. The molecule has 1 unspecified atom stereocenters. The second-order valence-electron chi connectivity index (χ2n) is 9.82. The van der Waals surface area contributed by atoms with Crippen molar-refractivity contribution in [2.75, 3.05) is 6.54 Å². The van der Waals surface area contributed by atoms with Gasteiger partial charge in [-0.1, -0.05) is 60.7 Å². The first-order chi connectivity index (χ1) is 16.2.